The highest BCUT2D eigenvalue weighted by molar-refractivity contribution is 5.93. The molecule has 2 aromatic rings. The molecule has 20 heavy (non-hydrogen) atoms. The van der Waals surface area contributed by atoms with Crippen LogP contribution in [0.5, 0.6) is 11.5 Å². The second kappa shape index (κ2) is 5.65. The van der Waals surface area contributed by atoms with Crippen molar-refractivity contribution in [3.63, 3.8) is 0 Å². The van der Waals surface area contributed by atoms with E-state index in [-0.39, 0.29) is 17.2 Å². The average Bonchev–Trinajstić information content (AvgIpc) is 2.42. The molecule has 0 fully saturated rings. The van der Waals surface area contributed by atoms with Gasteiger partial charge in [0.1, 0.15) is 11.5 Å². The van der Waals surface area contributed by atoms with Gasteiger partial charge in [-0.25, -0.2) is 10.5 Å². The number of carbonyl (C=O) groups excluding carboxylic acids is 1. The number of rotatable bonds is 3. The zero-order chi connectivity index (χ0) is 14.5. The van der Waals surface area contributed by atoms with Crippen molar-refractivity contribution in [3.8, 4) is 11.5 Å². The number of aromatic nitrogens is 2. The number of carbonyl (C=O) groups is 1. The number of aromatic amines is 1. The second-order valence-corrected chi connectivity index (χ2v) is 3.75. The van der Waals surface area contributed by atoms with Gasteiger partial charge >= 0.3 is 0 Å². The molecule has 102 valence electrons. The van der Waals surface area contributed by atoms with E-state index in [1.54, 1.807) is 0 Å². The smallest absolute Gasteiger partial charge is 0.291 e. The predicted molar refractivity (Wildman–Crippen MR) is 69.7 cm³/mol. The van der Waals surface area contributed by atoms with E-state index in [1.807, 2.05) is 0 Å². The van der Waals surface area contributed by atoms with E-state index in [4.69, 9.17) is 5.11 Å². The molecule has 2 rings (SSSR count). The highest BCUT2D eigenvalue weighted by Crippen LogP contribution is 2.20. The van der Waals surface area contributed by atoms with Crippen molar-refractivity contribution >= 4 is 12.1 Å². The number of nitrogens with one attached hydrogen (secondary N) is 2. The molecular formula is C12H10N4O4. The van der Waals surface area contributed by atoms with E-state index in [0.29, 0.717) is 5.56 Å². The number of phenols is 2. The Hall–Kier alpha value is -3.16. The third kappa shape index (κ3) is 3.19. The fraction of sp³-hybridized carbons (Fsp3) is 0. The number of benzene rings is 1. The van der Waals surface area contributed by atoms with Crippen LogP contribution in [0.3, 0.4) is 0 Å². The molecule has 0 saturated heterocycles. The minimum atomic E-state index is -0.615. The number of H-pyrrole nitrogens is 1. The molecule has 0 spiro atoms. The van der Waals surface area contributed by atoms with Crippen molar-refractivity contribution in [2.24, 2.45) is 5.10 Å². The Balaban J connectivity index is 2.04. The summed E-state index contributed by atoms with van der Waals surface area (Å²) in [4.78, 5) is 22.4. The number of nitrogens with zero attached hydrogens (tertiary/aromatic N) is 2. The summed E-state index contributed by atoms with van der Waals surface area (Å²) in [6.45, 7) is 0. The largest absolute Gasteiger partial charge is 0.508 e. The zero-order valence-corrected chi connectivity index (χ0v) is 10.1. The lowest BCUT2D eigenvalue weighted by molar-refractivity contribution is 0.0949. The Kier molecular flexibility index (Phi) is 3.75. The Bertz CT molecular complexity index is 703. The standard InChI is InChI=1S/C12H10N4O4/c17-8-2-1-7(10(18)5-8)6-13-16-12(20)9-3-4-11(19)15-14-9/h1-6,17-18H,(H,15,19)(H,16,20). The van der Waals surface area contributed by atoms with E-state index < -0.39 is 11.5 Å². The van der Waals surface area contributed by atoms with E-state index in [1.165, 1.54) is 24.4 Å². The number of phenolic OH excluding ortho intramolecular Hbond substituents is 2. The molecule has 0 aliphatic rings. The number of hydrazone groups is 1. The first-order valence-corrected chi connectivity index (χ1v) is 5.47. The maximum Gasteiger partial charge on any atom is 0.291 e. The number of aromatic hydroxyl groups is 2. The van der Waals surface area contributed by atoms with Gasteiger partial charge in [-0.3, -0.25) is 9.59 Å². The van der Waals surface area contributed by atoms with Crippen LogP contribution in [0, 0.1) is 0 Å². The van der Waals surface area contributed by atoms with Gasteiger partial charge in [0.25, 0.3) is 11.5 Å². The minimum Gasteiger partial charge on any atom is -0.508 e. The van der Waals surface area contributed by atoms with Gasteiger partial charge in [0.15, 0.2) is 5.69 Å². The molecule has 1 aromatic carbocycles. The summed E-state index contributed by atoms with van der Waals surface area (Å²) in [5.74, 6) is -0.873. The predicted octanol–water partition coefficient (Wildman–Crippen LogP) is -0.0550. The monoisotopic (exact) mass is 274 g/mol. The van der Waals surface area contributed by atoms with E-state index in [2.05, 4.69) is 20.7 Å². The summed E-state index contributed by atoms with van der Waals surface area (Å²) in [6, 6.07) is 6.36. The van der Waals surface area contributed by atoms with Crippen LogP contribution in [0.1, 0.15) is 16.1 Å². The Labute approximate surface area is 112 Å². The van der Waals surface area contributed by atoms with Crippen molar-refractivity contribution in [2.45, 2.75) is 0 Å². The van der Waals surface area contributed by atoms with Gasteiger partial charge in [0.05, 0.1) is 6.21 Å². The van der Waals surface area contributed by atoms with Gasteiger partial charge in [0.2, 0.25) is 0 Å². The Morgan fingerprint density at radius 2 is 2.10 bits per heavy atom. The second-order valence-electron chi connectivity index (χ2n) is 3.75. The van der Waals surface area contributed by atoms with Crippen molar-refractivity contribution in [3.05, 3.63) is 51.9 Å². The van der Waals surface area contributed by atoms with Gasteiger partial charge in [-0.2, -0.15) is 10.2 Å². The topological polar surface area (TPSA) is 128 Å². The molecule has 0 saturated carbocycles. The van der Waals surface area contributed by atoms with E-state index in [9.17, 15) is 14.7 Å². The molecule has 0 aliphatic carbocycles. The molecule has 8 heteroatoms. The molecular weight excluding hydrogens is 264 g/mol. The molecule has 0 atom stereocenters. The maximum atomic E-state index is 11.6. The first-order valence-electron chi connectivity index (χ1n) is 5.47. The first kappa shape index (κ1) is 13.3. The number of hydrogen-bond donors (Lipinski definition) is 4. The lowest BCUT2D eigenvalue weighted by atomic mass is 10.2. The van der Waals surface area contributed by atoms with Crippen molar-refractivity contribution in [1.82, 2.24) is 15.6 Å². The van der Waals surface area contributed by atoms with Crippen LogP contribution in [0.25, 0.3) is 0 Å². The molecule has 1 amide bonds. The van der Waals surface area contributed by atoms with Crippen LogP contribution < -0.4 is 11.0 Å². The molecule has 0 unspecified atom stereocenters. The SMILES string of the molecule is O=C(NN=Cc1ccc(O)cc1O)c1ccc(=O)[nH]n1. The normalized spacial score (nSPS) is 10.6. The summed E-state index contributed by atoms with van der Waals surface area (Å²) in [5, 5.41) is 27.9. The third-order valence-corrected chi connectivity index (χ3v) is 2.30. The zero-order valence-electron chi connectivity index (χ0n) is 10.1. The number of amides is 1. The number of hydrogen-bond acceptors (Lipinski definition) is 6. The van der Waals surface area contributed by atoms with Crippen molar-refractivity contribution in [1.29, 1.82) is 0 Å². The molecule has 1 heterocycles. The van der Waals surface area contributed by atoms with Crippen LogP contribution in [-0.4, -0.2) is 32.5 Å². The van der Waals surface area contributed by atoms with Gasteiger partial charge in [-0.05, 0) is 18.2 Å². The molecule has 8 nitrogen and oxygen atoms in total. The third-order valence-electron chi connectivity index (χ3n) is 2.30. The Morgan fingerprint density at radius 1 is 1.30 bits per heavy atom. The highest BCUT2D eigenvalue weighted by Gasteiger charge is 2.05. The van der Waals surface area contributed by atoms with Crippen LogP contribution in [0.2, 0.25) is 0 Å². The van der Waals surface area contributed by atoms with Crippen molar-refractivity contribution in [2.75, 3.05) is 0 Å². The van der Waals surface area contributed by atoms with Crippen LogP contribution in [-0.2, 0) is 0 Å². The van der Waals surface area contributed by atoms with E-state index in [0.717, 1.165) is 12.1 Å². The molecule has 4 N–H and O–H groups in total. The summed E-state index contributed by atoms with van der Waals surface area (Å²) >= 11 is 0. The van der Waals surface area contributed by atoms with Gasteiger partial charge < -0.3 is 10.2 Å². The van der Waals surface area contributed by atoms with Crippen molar-refractivity contribution < 1.29 is 15.0 Å². The van der Waals surface area contributed by atoms with Gasteiger partial charge in [-0.1, -0.05) is 0 Å². The van der Waals surface area contributed by atoms with Crippen LogP contribution in [0.4, 0.5) is 0 Å². The average molecular weight is 274 g/mol. The quantitative estimate of drug-likeness (QED) is 0.460. The van der Waals surface area contributed by atoms with Gasteiger partial charge in [0, 0.05) is 17.7 Å². The first-order chi connectivity index (χ1) is 9.56. The summed E-state index contributed by atoms with van der Waals surface area (Å²) in [6.07, 6.45) is 1.21. The van der Waals surface area contributed by atoms with Crippen LogP contribution in [0.15, 0.2) is 40.2 Å². The summed E-state index contributed by atoms with van der Waals surface area (Å²) in [7, 11) is 0. The lowest BCUT2D eigenvalue weighted by Crippen LogP contribution is -2.21. The molecule has 0 bridgehead atoms. The minimum absolute atomic E-state index is 0.00308. The lowest BCUT2D eigenvalue weighted by Gasteiger charge is -2.00. The molecule has 1 aromatic heterocycles. The fourth-order valence-corrected chi connectivity index (χ4v) is 1.33. The fourth-order valence-electron chi connectivity index (χ4n) is 1.33. The maximum absolute atomic E-state index is 11.6. The van der Waals surface area contributed by atoms with Gasteiger partial charge in [-0.15, -0.1) is 0 Å². The Morgan fingerprint density at radius 3 is 2.75 bits per heavy atom. The summed E-state index contributed by atoms with van der Waals surface area (Å²) in [5.41, 5.74) is 2.08. The van der Waals surface area contributed by atoms with Crippen LogP contribution >= 0.6 is 0 Å². The summed E-state index contributed by atoms with van der Waals surface area (Å²) < 4.78 is 0. The van der Waals surface area contributed by atoms with E-state index >= 15 is 0 Å². The highest BCUT2D eigenvalue weighted by atomic mass is 16.3. The molecule has 0 radical (unpaired) electrons. The molecule has 0 aliphatic heterocycles.